The molecule has 256 valence electrons. The molecular formula is C44H47F3O2. The summed E-state index contributed by atoms with van der Waals surface area (Å²) in [5.41, 5.74) is 5.05. The van der Waals surface area contributed by atoms with Crippen LogP contribution >= 0.6 is 0 Å². The first-order chi connectivity index (χ1) is 24.0. The van der Waals surface area contributed by atoms with E-state index in [-0.39, 0.29) is 16.9 Å². The van der Waals surface area contributed by atoms with Gasteiger partial charge < -0.3 is 9.47 Å². The second kappa shape index (κ2) is 18.9. The van der Waals surface area contributed by atoms with Crippen molar-refractivity contribution >= 4 is 0 Å². The maximum absolute atomic E-state index is 15.2. The third-order valence-electron chi connectivity index (χ3n) is 8.94. The van der Waals surface area contributed by atoms with Crippen molar-refractivity contribution in [3.63, 3.8) is 0 Å². The number of hydrogen-bond donors (Lipinski definition) is 0. The minimum atomic E-state index is -0.835. The second-order valence-corrected chi connectivity index (χ2v) is 12.7. The van der Waals surface area contributed by atoms with Gasteiger partial charge in [0.25, 0.3) is 0 Å². The van der Waals surface area contributed by atoms with E-state index in [1.165, 1.54) is 37.0 Å². The lowest BCUT2D eigenvalue weighted by atomic mass is 9.97. The molecule has 5 aromatic carbocycles. The van der Waals surface area contributed by atoms with Crippen LogP contribution in [0.3, 0.4) is 0 Å². The Kier molecular flexibility index (Phi) is 13.8. The highest BCUT2D eigenvalue weighted by molar-refractivity contribution is 5.72. The van der Waals surface area contributed by atoms with Gasteiger partial charge in [-0.15, -0.1) is 0 Å². The molecule has 49 heavy (non-hydrogen) atoms. The van der Waals surface area contributed by atoms with Crippen molar-refractivity contribution in [3.05, 3.63) is 132 Å². The Balaban J connectivity index is 0.965. The van der Waals surface area contributed by atoms with Crippen molar-refractivity contribution in [2.45, 2.75) is 77.6 Å². The van der Waals surface area contributed by atoms with Crippen molar-refractivity contribution in [1.29, 1.82) is 0 Å². The quantitative estimate of drug-likeness (QED) is 0.0818. The topological polar surface area (TPSA) is 18.5 Å². The van der Waals surface area contributed by atoms with Crippen LogP contribution in [0.2, 0.25) is 0 Å². The second-order valence-electron chi connectivity index (χ2n) is 12.7. The van der Waals surface area contributed by atoms with Crippen LogP contribution in [0.4, 0.5) is 13.2 Å². The first kappa shape index (κ1) is 35.8. The minimum Gasteiger partial charge on any atom is -0.494 e. The maximum Gasteiger partial charge on any atom is 0.167 e. The van der Waals surface area contributed by atoms with Gasteiger partial charge in [0.15, 0.2) is 11.6 Å². The van der Waals surface area contributed by atoms with Gasteiger partial charge in [-0.1, -0.05) is 125 Å². The van der Waals surface area contributed by atoms with Crippen LogP contribution in [0.25, 0.3) is 33.4 Å². The number of benzene rings is 5. The largest absolute Gasteiger partial charge is 0.494 e. The van der Waals surface area contributed by atoms with Crippen LogP contribution in [0.1, 0.15) is 76.7 Å². The molecule has 0 N–H and O–H groups in total. The Bertz CT molecular complexity index is 1700. The van der Waals surface area contributed by atoms with Crippen LogP contribution in [0, 0.1) is 17.5 Å². The first-order valence-corrected chi connectivity index (χ1v) is 17.8. The SMILES string of the molecule is CCCCCCc1ccc(-c2ccc(-c3ccc(OCCCCCCCCOc4ccc(-c5ccc(F)cc5)cc4)cc3)c(F)c2F)cc1. The zero-order valence-corrected chi connectivity index (χ0v) is 28.5. The average molecular weight is 665 g/mol. The molecule has 0 fully saturated rings. The van der Waals surface area contributed by atoms with Crippen molar-refractivity contribution in [2.75, 3.05) is 13.2 Å². The van der Waals surface area contributed by atoms with E-state index < -0.39 is 11.6 Å². The molecule has 2 nitrogen and oxygen atoms in total. The molecule has 0 saturated heterocycles. The van der Waals surface area contributed by atoms with Gasteiger partial charge in [-0.25, -0.2) is 13.2 Å². The summed E-state index contributed by atoms with van der Waals surface area (Å²) in [6.45, 7) is 3.50. The van der Waals surface area contributed by atoms with Gasteiger partial charge in [-0.3, -0.25) is 0 Å². The van der Waals surface area contributed by atoms with Crippen LogP contribution in [0.5, 0.6) is 11.5 Å². The van der Waals surface area contributed by atoms with Crippen molar-refractivity contribution in [3.8, 4) is 44.9 Å². The van der Waals surface area contributed by atoms with E-state index in [4.69, 9.17) is 9.47 Å². The zero-order valence-electron chi connectivity index (χ0n) is 28.5. The Labute approximate surface area is 289 Å². The van der Waals surface area contributed by atoms with E-state index in [2.05, 4.69) is 6.92 Å². The number of halogens is 3. The number of rotatable bonds is 19. The van der Waals surface area contributed by atoms with E-state index in [1.807, 2.05) is 60.7 Å². The lowest BCUT2D eigenvalue weighted by Crippen LogP contribution is -1.99. The first-order valence-electron chi connectivity index (χ1n) is 17.8. The highest BCUT2D eigenvalue weighted by Gasteiger charge is 2.16. The third-order valence-corrected chi connectivity index (χ3v) is 8.94. The molecular weight excluding hydrogens is 617 g/mol. The van der Waals surface area contributed by atoms with Gasteiger partial charge in [0.05, 0.1) is 13.2 Å². The number of ether oxygens (including phenoxy) is 2. The van der Waals surface area contributed by atoms with Crippen LogP contribution < -0.4 is 9.47 Å². The molecule has 0 aromatic heterocycles. The van der Waals surface area contributed by atoms with E-state index in [0.717, 1.165) is 74.0 Å². The summed E-state index contributed by atoms with van der Waals surface area (Å²) in [6.07, 6.45) is 12.3. The van der Waals surface area contributed by atoms with E-state index in [9.17, 15) is 4.39 Å². The number of hydrogen-bond acceptors (Lipinski definition) is 2. The Morgan fingerprint density at radius 2 is 0.816 bits per heavy atom. The third kappa shape index (κ3) is 10.7. The predicted molar refractivity (Wildman–Crippen MR) is 196 cm³/mol. The molecule has 5 rings (SSSR count). The Morgan fingerprint density at radius 1 is 0.408 bits per heavy atom. The monoisotopic (exact) mass is 664 g/mol. The average Bonchev–Trinajstić information content (AvgIpc) is 3.13. The van der Waals surface area contributed by atoms with Crippen molar-refractivity contribution in [2.24, 2.45) is 0 Å². The molecule has 0 bridgehead atoms. The molecule has 0 saturated carbocycles. The maximum atomic E-state index is 15.2. The fourth-order valence-corrected chi connectivity index (χ4v) is 6.01. The lowest BCUT2D eigenvalue weighted by Gasteiger charge is -2.11. The van der Waals surface area contributed by atoms with E-state index >= 15 is 8.78 Å². The van der Waals surface area contributed by atoms with Crippen LogP contribution in [0.15, 0.2) is 109 Å². The van der Waals surface area contributed by atoms with E-state index in [1.54, 1.807) is 36.4 Å². The number of unbranched alkanes of at least 4 members (excludes halogenated alkanes) is 8. The normalized spacial score (nSPS) is 11.1. The summed E-state index contributed by atoms with van der Waals surface area (Å²) >= 11 is 0. The summed E-state index contributed by atoms with van der Waals surface area (Å²) in [5.74, 6) is -0.329. The summed E-state index contributed by atoms with van der Waals surface area (Å²) in [5, 5.41) is 0. The zero-order chi connectivity index (χ0) is 34.3. The molecule has 0 atom stereocenters. The Morgan fingerprint density at radius 3 is 1.31 bits per heavy atom. The van der Waals surface area contributed by atoms with Crippen molar-refractivity contribution in [1.82, 2.24) is 0 Å². The fourth-order valence-electron chi connectivity index (χ4n) is 6.01. The molecule has 0 heterocycles. The predicted octanol–water partition coefficient (Wildman–Crippen LogP) is 13.0. The van der Waals surface area contributed by atoms with Gasteiger partial charge in [-0.05, 0) is 89.9 Å². The summed E-state index contributed by atoms with van der Waals surface area (Å²) in [7, 11) is 0. The molecule has 0 amide bonds. The smallest absolute Gasteiger partial charge is 0.167 e. The van der Waals surface area contributed by atoms with Crippen LogP contribution in [-0.2, 0) is 6.42 Å². The standard InChI is InChI=1S/C44H47F3O2/c1-2-3-4-9-12-33-13-15-36(16-14-33)41-29-30-42(44(47)43(41)46)37-21-27-40(28-22-37)49-32-11-8-6-5-7-10-31-48-39-25-19-35(20-26-39)34-17-23-38(45)24-18-34/h13-30H,2-12,31-32H2,1H3. The molecule has 0 radical (unpaired) electrons. The summed E-state index contributed by atoms with van der Waals surface area (Å²) in [4.78, 5) is 0. The van der Waals surface area contributed by atoms with Gasteiger partial charge in [0, 0.05) is 11.1 Å². The summed E-state index contributed by atoms with van der Waals surface area (Å²) in [6, 6.07) is 32.7. The molecule has 0 unspecified atom stereocenters. The molecule has 5 heteroatoms. The van der Waals surface area contributed by atoms with Gasteiger partial charge in [0.1, 0.15) is 17.3 Å². The Hall–Kier alpha value is -4.51. The van der Waals surface area contributed by atoms with Gasteiger partial charge >= 0.3 is 0 Å². The molecule has 0 aliphatic heterocycles. The number of aryl methyl sites for hydroxylation is 1. The molecule has 0 aliphatic carbocycles. The molecule has 0 aliphatic rings. The van der Waals surface area contributed by atoms with Gasteiger partial charge in [0.2, 0.25) is 0 Å². The lowest BCUT2D eigenvalue weighted by molar-refractivity contribution is 0.297. The van der Waals surface area contributed by atoms with Crippen molar-refractivity contribution < 1.29 is 22.6 Å². The van der Waals surface area contributed by atoms with E-state index in [0.29, 0.717) is 24.3 Å². The highest BCUT2D eigenvalue weighted by atomic mass is 19.2. The van der Waals surface area contributed by atoms with Gasteiger partial charge in [-0.2, -0.15) is 0 Å². The minimum absolute atomic E-state index is 0.235. The molecule has 5 aromatic rings. The highest BCUT2D eigenvalue weighted by Crippen LogP contribution is 2.32. The summed E-state index contributed by atoms with van der Waals surface area (Å²) < 4.78 is 55.3. The fraction of sp³-hybridized carbons (Fsp3) is 0.318. The molecule has 0 spiro atoms. The van der Waals surface area contributed by atoms with Crippen LogP contribution in [-0.4, -0.2) is 13.2 Å².